The van der Waals surface area contributed by atoms with Crippen molar-refractivity contribution in [2.75, 3.05) is 72.0 Å². The lowest BCUT2D eigenvalue weighted by Crippen LogP contribution is -2.22. The number of benzene rings is 6. The summed E-state index contributed by atoms with van der Waals surface area (Å²) in [5.41, 5.74) is 18.9. The SMILES string of the molecule is CCN(CC)c1ccc(C(c2ccc(CS(=O)(=O)Cc3ccc(C(c4ccc(N(CC)CC)cc4C)c4ccc(N(CC)CC)cc4C)cc3)cc2)c2ccc(N(CC)CC)cc2C)c(C)c1. The molecule has 0 aliphatic heterocycles. The molecule has 0 aliphatic carbocycles. The normalized spacial score (nSPS) is 11.7. The highest BCUT2D eigenvalue weighted by molar-refractivity contribution is 7.89. The van der Waals surface area contributed by atoms with E-state index in [9.17, 15) is 8.42 Å². The van der Waals surface area contributed by atoms with Crippen molar-refractivity contribution >= 4 is 32.6 Å². The second-order valence-corrected chi connectivity index (χ2v) is 20.3. The van der Waals surface area contributed by atoms with E-state index in [1.54, 1.807) is 0 Å². The Bertz CT molecular complexity index is 2360. The van der Waals surface area contributed by atoms with E-state index in [-0.39, 0.29) is 23.3 Å². The van der Waals surface area contributed by atoms with Crippen molar-refractivity contribution < 1.29 is 8.42 Å². The number of hydrogen-bond donors (Lipinski definition) is 0. The molecule has 6 aromatic rings. The number of hydrogen-bond acceptors (Lipinski definition) is 6. The summed E-state index contributed by atoms with van der Waals surface area (Å²) in [5.74, 6) is -0.0446. The Morgan fingerprint density at radius 1 is 0.343 bits per heavy atom. The van der Waals surface area contributed by atoms with Crippen LogP contribution >= 0.6 is 0 Å². The van der Waals surface area contributed by atoms with Gasteiger partial charge in [0, 0.05) is 86.9 Å². The van der Waals surface area contributed by atoms with Crippen LogP contribution in [0.5, 0.6) is 0 Å². The van der Waals surface area contributed by atoms with Crippen molar-refractivity contribution in [1.82, 2.24) is 0 Å². The third-order valence-corrected chi connectivity index (χ3v) is 15.7. The molecule has 0 heterocycles. The Kier molecular flexibility index (Phi) is 17.4. The molecule has 6 aromatic carbocycles. The maximum Gasteiger partial charge on any atom is 0.158 e. The van der Waals surface area contributed by atoms with Crippen LogP contribution in [0.4, 0.5) is 22.7 Å². The molecule has 0 fully saturated rings. The number of nitrogens with zero attached hydrogens (tertiary/aromatic N) is 4. The molecule has 356 valence electrons. The lowest BCUT2D eigenvalue weighted by molar-refractivity contribution is 0.594. The van der Waals surface area contributed by atoms with Gasteiger partial charge < -0.3 is 19.6 Å². The molecule has 0 aliphatic rings. The molecule has 0 radical (unpaired) electrons. The number of aryl methyl sites for hydroxylation is 4. The Labute approximate surface area is 405 Å². The summed E-state index contributed by atoms with van der Waals surface area (Å²) < 4.78 is 28.0. The van der Waals surface area contributed by atoms with Gasteiger partial charge in [0.15, 0.2) is 9.84 Å². The zero-order valence-electron chi connectivity index (χ0n) is 42.8. The molecule has 67 heavy (non-hydrogen) atoms. The summed E-state index contributed by atoms with van der Waals surface area (Å²) in [6, 6.07) is 44.2. The topological polar surface area (TPSA) is 47.1 Å². The second-order valence-electron chi connectivity index (χ2n) is 18.2. The van der Waals surface area contributed by atoms with Crippen LogP contribution in [-0.2, 0) is 21.3 Å². The van der Waals surface area contributed by atoms with Gasteiger partial charge >= 0.3 is 0 Å². The van der Waals surface area contributed by atoms with Gasteiger partial charge in [-0.3, -0.25) is 0 Å². The number of rotatable bonds is 22. The van der Waals surface area contributed by atoms with Gasteiger partial charge in [-0.25, -0.2) is 8.42 Å². The molecular weight excluding hydrogens is 841 g/mol. The van der Waals surface area contributed by atoms with Crippen LogP contribution < -0.4 is 19.6 Å². The molecule has 0 saturated heterocycles. The molecule has 0 N–H and O–H groups in total. The van der Waals surface area contributed by atoms with Crippen LogP contribution in [0.1, 0.15) is 134 Å². The first kappa shape index (κ1) is 50.9. The molecule has 0 amide bonds. The number of sulfone groups is 1. The van der Waals surface area contributed by atoms with Crippen LogP contribution in [-0.4, -0.2) is 60.8 Å². The third kappa shape index (κ3) is 11.8. The van der Waals surface area contributed by atoms with Gasteiger partial charge in [0.2, 0.25) is 0 Å². The van der Waals surface area contributed by atoms with Gasteiger partial charge in [-0.15, -0.1) is 0 Å². The molecule has 7 heteroatoms. The average molecular weight is 919 g/mol. The Morgan fingerprint density at radius 2 is 0.567 bits per heavy atom. The van der Waals surface area contributed by atoms with E-state index in [4.69, 9.17) is 0 Å². The van der Waals surface area contributed by atoms with Crippen LogP contribution in [0, 0.1) is 27.7 Å². The summed E-state index contributed by atoms with van der Waals surface area (Å²) in [6.07, 6.45) is 0. The third-order valence-electron chi connectivity index (χ3n) is 14.2. The highest BCUT2D eigenvalue weighted by Crippen LogP contribution is 2.40. The first-order valence-corrected chi connectivity index (χ1v) is 26.8. The van der Waals surface area contributed by atoms with Crippen molar-refractivity contribution in [3.63, 3.8) is 0 Å². The monoisotopic (exact) mass is 919 g/mol. The van der Waals surface area contributed by atoms with E-state index >= 15 is 0 Å². The summed E-state index contributed by atoms with van der Waals surface area (Å²) >= 11 is 0. The molecule has 6 nitrogen and oxygen atoms in total. The van der Waals surface area contributed by atoms with Crippen LogP contribution in [0.25, 0.3) is 0 Å². The minimum atomic E-state index is -3.48. The molecule has 0 atom stereocenters. The minimum Gasteiger partial charge on any atom is -0.372 e. The summed E-state index contributed by atoms with van der Waals surface area (Å²) in [7, 11) is -3.48. The molecule has 0 bridgehead atoms. The average Bonchev–Trinajstić information content (AvgIpc) is 3.31. The summed E-state index contributed by atoms with van der Waals surface area (Å²) in [5, 5.41) is 0. The van der Waals surface area contributed by atoms with Gasteiger partial charge in [-0.2, -0.15) is 0 Å². The largest absolute Gasteiger partial charge is 0.372 e. The van der Waals surface area contributed by atoms with E-state index in [1.807, 2.05) is 24.3 Å². The lowest BCUT2D eigenvalue weighted by Gasteiger charge is -2.27. The minimum absolute atomic E-state index is 0.00213. The van der Waals surface area contributed by atoms with Crippen molar-refractivity contribution in [3.8, 4) is 0 Å². The molecule has 0 saturated carbocycles. The number of anilines is 4. The van der Waals surface area contributed by atoms with Crippen molar-refractivity contribution in [3.05, 3.63) is 188 Å². The second kappa shape index (κ2) is 23.0. The fourth-order valence-electron chi connectivity index (χ4n) is 10.3. The van der Waals surface area contributed by atoms with Gasteiger partial charge in [-0.05, 0) is 198 Å². The van der Waals surface area contributed by atoms with Crippen LogP contribution in [0.15, 0.2) is 121 Å². The van der Waals surface area contributed by atoms with Crippen LogP contribution in [0.2, 0.25) is 0 Å². The van der Waals surface area contributed by atoms with E-state index < -0.39 is 9.84 Å². The van der Waals surface area contributed by atoms with E-state index in [2.05, 4.69) is 200 Å². The van der Waals surface area contributed by atoms with E-state index in [1.165, 1.54) is 67.3 Å². The Balaban J connectivity index is 1.28. The van der Waals surface area contributed by atoms with Crippen molar-refractivity contribution in [2.45, 2.75) is 106 Å². The first-order chi connectivity index (χ1) is 32.2. The lowest BCUT2D eigenvalue weighted by atomic mass is 9.81. The van der Waals surface area contributed by atoms with E-state index in [0.717, 1.165) is 74.6 Å². The molecule has 6 rings (SSSR count). The first-order valence-electron chi connectivity index (χ1n) is 25.0. The van der Waals surface area contributed by atoms with Gasteiger partial charge in [0.25, 0.3) is 0 Å². The highest BCUT2D eigenvalue weighted by Gasteiger charge is 2.25. The Morgan fingerprint density at radius 3 is 0.761 bits per heavy atom. The maximum atomic E-state index is 14.0. The summed E-state index contributed by atoms with van der Waals surface area (Å²) in [4.78, 5) is 9.55. The fraction of sp³-hybridized carbons (Fsp3) is 0.400. The quantitative estimate of drug-likeness (QED) is 0.0632. The van der Waals surface area contributed by atoms with Gasteiger partial charge in [-0.1, -0.05) is 72.8 Å². The smallest absolute Gasteiger partial charge is 0.158 e. The van der Waals surface area contributed by atoms with E-state index in [0.29, 0.717) is 0 Å². The van der Waals surface area contributed by atoms with Gasteiger partial charge in [0.1, 0.15) is 0 Å². The maximum absolute atomic E-state index is 14.0. The zero-order valence-corrected chi connectivity index (χ0v) is 43.6. The van der Waals surface area contributed by atoms with Crippen molar-refractivity contribution in [2.24, 2.45) is 0 Å². The van der Waals surface area contributed by atoms with Crippen molar-refractivity contribution in [1.29, 1.82) is 0 Å². The predicted octanol–water partition coefficient (Wildman–Crippen LogP) is 13.8. The zero-order chi connectivity index (χ0) is 48.4. The summed E-state index contributed by atoms with van der Waals surface area (Å²) in [6.45, 7) is 34.2. The Hall–Kier alpha value is -5.53. The molecule has 0 aromatic heterocycles. The fourth-order valence-corrected chi connectivity index (χ4v) is 11.8. The molecule has 0 unspecified atom stereocenters. The van der Waals surface area contributed by atoms with Gasteiger partial charge in [0.05, 0.1) is 11.5 Å². The molecule has 0 spiro atoms. The molecular formula is C60H78N4O2S. The predicted molar refractivity (Wildman–Crippen MR) is 290 cm³/mol. The standard InChI is InChI=1S/C60H78N4O2S/c1-13-61(14-2)51-29-33-55(43(9)37-51)59(56-34-30-52(38-44(56)10)62(15-3)16-4)49-25-21-47(22-26-49)41-67(65,66)42-48-23-27-50(28-24-48)60(57-35-31-53(39-45(57)11)63(17-5)18-6)58-36-32-54(40-46(58)12)64(19-7)20-8/h21-40,59-60H,13-20,41-42H2,1-12H3. The highest BCUT2D eigenvalue weighted by atomic mass is 32.2. The van der Waals surface area contributed by atoms with Crippen LogP contribution in [0.3, 0.4) is 0 Å².